The molecule has 0 saturated heterocycles. The van der Waals surface area contributed by atoms with E-state index >= 15 is 0 Å². The van der Waals surface area contributed by atoms with Gasteiger partial charge < -0.3 is 10.2 Å². The summed E-state index contributed by atoms with van der Waals surface area (Å²) < 4.78 is 26.5. The number of fused-ring (bicyclic) bond motifs is 1. The second kappa shape index (κ2) is 7.86. The van der Waals surface area contributed by atoms with Gasteiger partial charge in [0.15, 0.2) is 11.6 Å². The molecule has 1 aliphatic heterocycles. The minimum Gasteiger partial charge on any atom is -0.350 e. The summed E-state index contributed by atoms with van der Waals surface area (Å²) >= 11 is 0. The summed E-state index contributed by atoms with van der Waals surface area (Å²) in [5, 5.41) is 2.81. The van der Waals surface area contributed by atoms with Gasteiger partial charge in [-0.1, -0.05) is 30.3 Å². The summed E-state index contributed by atoms with van der Waals surface area (Å²) in [6.45, 7) is 3.79. The molecule has 2 aromatic rings. The molecular weight excluding hydrogens is 350 g/mol. The van der Waals surface area contributed by atoms with E-state index in [4.69, 9.17) is 0 Å². The van der Waals surface area contributed by atoms with Crippen molar-refractivity contribution < 1.29 is 18.4 Å². The number of nitrogens with one attached hydrogen (secondary N) is 1. The molecule has 0 aliphatic carbocycles. The first-order valence-corrected chi connectivity index (χ1v) is 8.96. The Morgan fingerprint density at radius 3 is 2.63 bits per heavy atom. The summed E-state index contributed by atoms with van der Waals surface area (Å²) in [7, 11) is 0. The van der Waals surface area contributed by atoms with Crippen LogP contribution in [0.2, 0.25) is 0 Å². The predicted molar refractivity (Wildman–Crippen MR) is 97.8 cm³/mol. The lowest BCUT2D eigenvalue weighted by Crippen LogP contribution is -2.41. The van der Waals surface area contributed by atoms with Crippen LogP contribution in [0, 0.1) is 11.6 Å². The second-order valence-electron chi connectivity index (χ2n) is 6.84. The zero-order valence-corrected chi connectivity index (χ0v) is 15.3. The zero-order chi connectivity index (χ0) is 19.6. The molecule has 0 radical (unpaired) electrons. The standard InChI is InChI=1S/C21H22F2N2O2/c1-13(16-7-8-18(22)19(23)11-16)24-21(27)12-20-17-6-4-3-5-15(17)9-10-25(20)14(2)26/h3-8,11,13,20H,9-10,12H2,1-2H3,(H,24,27). The molecule has 2 amide bonds. The minimum atomic E-state index is -0.947. The van der Waals surface area contributed by atoms with E-state index in [1.807, 2.05) is 24.3 Å². The molecule has 2 unspecified atom stereocenters. The maximum Gasteiger partial charge on any atom is 0.222 e. The fourth-order valence-corrected chi connectivity index (χ4v) is 3.59. The van der Waals surface area contributed by atoms with Gasteiger partial charge in [-0.2, -0.15) is 0 Å². The molecule has 27 heavy (non-hydrogen) atoms. The van der Waals surface area contributed by atoms with Gasteiger partial charge in [0.25, 0.3) is 0 Å². The molecule has 4 nitrogen and oxygen atoms in total. The topological polar surface area (TPSA) is 49.4 Å². The van der Waals surface area contributed by atoms with Crippen molar-refractivity contribution in [2.45, 2.75) is 38.8 Å². The second-order valence-corrected chi connectivity index (χ2v) is 6.84. The van der Waals surface area contributed by atoms with Crippen LogP contribution < -0.4 is 5.32 Å². The summed E-state index contributed by atoms with van der Waals surface area (Å²) in [4.78, 5) is 26.4. The Hall–Kier alpha value is -2.76. The molecule has 0 saturated carbocycles. The molecule has 142 valence electrons. The fraction of sp³-hybridized carbons (Fsp3) is 0.333. The number of benzene rings is 2. The zero-order valence-electron chi connectivity index (χ0n) is 15.3. The predicted octanol–water partition coefficient (Wildman–Crippen LogP) is 3.68. The summed E-state index contributed by atoms with van der Waals surface area (Å²) in [6, 6.07) is 10.6. The van der Waals surface area contributed by atoms with Crippen molar-refractivity contribution in [2.75, 3.05) is 6.54 Å². The monoisotopic (exact) mass is 372 g/mol. The molecule has 2 aromatic carbocycles. The largest absolute Gasteiger partial charge is 0.350 e. The van der Waals surface area contributed by atoms with Crippen LogP contribution in [-0.4, -0.2) is 23.3 Å². The number of nitrogens with zero attached hydrogens (tertiary/aromatic N) is 1. The van der Waals surface area contributed by atoms with Crippen LogP contribution in [0.4, 0.5) is 8.78 Å². The third-order valence-electron chi connectivity index (χ3n) is 5.02. The molecule has 0 aromatic heterocycles. The van der Waals surface area contributed by atoms with E-state index in [1.165, 1.54) is 13.0 Å². The van der Waals surface area contributed by atoms with Gasteiger partial charge in [-0.25, -0.2) is 8.78 Å². The van der Waals surface area contributed by atoms with Crippen molar-refractivity contribution in [2.24, 2.45) is 0 Å². The number of amides is 2. The molecule has 3 rings (SSSR count). The number of hydrogen-bond donors (Lipinski definition) is 1. The van der Waals surface area contributed by atoms with Crippen molar-refractivity contribution >= 4 is 11.8 Å². The first-order valence-electron chi connectivity index (χ1n) is 8.96. The van der Waals surface area contributed by atoms with Crippen molar-refractivity contribution in [3.63, 3.8) is 0 Å². The van der Waals surface area contributed by atoms with Crippen molar-refractivity contribution in [3.05, 3.63) is 70.8 Å². The number of hydrogen-bond acceptors (Lipinski definition) is 2. The highest BCUT2D eigenvalue weighted by molar-refractivity contribution is 5.80. The van der Waals surface area contributed by atoms with Crippen molar-refractivity contribution in [1.82, 2.24) is 10.2 Å². The highest BCUT2D eigenvalue weighted by Gasteiger charge is 2.30. The van der Waals surface area contributed by atoms with Crippen LogP contribution in [0.5, 0.6) is 0 Å². The van der Waals surface area contributed by atoms with Crippen molar-refractivity contribution in [1.29, 1.82) is 0 Å². The molecule has 0 fully saturated rings. The van der Waals surface area contributed by atoms with Crippen LogP contribution in [0.15, 0.2) is 42.5 Å². The highest BCUT2D eigenvalue weighted by Crippen LogP contribution is 2.32. The Labute approximate surface area is 157 Å². The Morgan fingerprint density at radius 2 is 1.93 bits per heavy atom. The Morgan fingerprint density at radius 1 is 1.19 bits per heavy atom. The van der Waals surface area contributed by atoms with Crippen LogP contribution >= 0.6 is 0 Å². The molecule has 0 bridgehead atoms. The van der Waals surface area contributed by atoms with E-state index in [9.17, 15) is 18.4 Å². The maximum atomic E-state index is 13.4. The molecule has 2 atom stereocenters. The van der Waals surface area contributed by atoms with Gasteiger partial charge >= 0.3 is 0 Å². The lowest BCUT2D eigenvalue weighted by atomic mass is 9.90. The van der Waals surface area contributed by atoms with Gasteiger partial charge in [-0.15, -0.1) is 0 Å². The Bertz CT molecular complexity index is 869. The molecular formula is C21H22F2N2O2. The number of carbonyl (C=O) groups excluding carboxylic acids is 2. The van der Waals surface area contributed by atoms with Crippen LogP contribution in [0.25, 0.3) is 0 Å². The smallest absolute Gasteiger partial charge is 0.222 e. The number of carbonyl (C=O) groups is 2. The van der Waals surface area contributed by atoms with Crippen LogP contribution in [0.1, 0.15) is 49.0 Å². The SMILES string of the molecule is CC(=O)N1CCc2ccccc2C1CC(=O)NC(C)c1ccc(F)c(F)c1. The van der Waals surface area contributed by atoms with Gasteiger partial charge in [-0.3, -0.25) is 9.59 Å². The van der Waals surface area contributed by atoms with Gasteiger partial charge in [0.1, 0.15) is 0 Å². The Kier molecular flexibility index (Phi) is 5.54. The number of halogens is 2. The first kappa shape index (κ1) is 19.0. The lowest BCUT2D eigenvalue weighted by Gasteiger charge is -2.36. The fourth-order valence-electron chi connectivity index (χ4n) is 3.59. The molecule has 1 aliphatic rings. The summed E-state index contributed by atoms with van der Waals surface area (Å²) in [5.74, 6) is -2.19. The third-order valence-corrected chi connectivity index (χ3v) is 5.02. The molecule has 0 spiro atoms. The van der Waals surface area contributed by atoms with Crippen LogP contribution in [-0.2, 0) is 16.0 Å². The average molecular weight is 372 g/mol. The third kappa shape index (κ3) is 4.15. The van der Waals surface area contributed by atoms with Crippen LogP contribution in [0.3, 0.4) is 0 Å². The summed E-state index contributed by atoms with van der Waals surface area (Å²) in [5.41, 5.74) is 2.60. The average Bonchev–Trinajstić information content (AvgIpc) is 2.63. The van der Waals surface area contributed by atoms with E-state index in [2.05, 4.69) is 5.32 Å². The summed E-state index contributed by atoms with van der Waals surface area (Å²) in [6.07, 6.45) is 0.879. The van der Waals surface area contributed by atoms with E-state index < -0.39 is 17.7 Å². The first-order chi connectivity index (χ1) is 12.9. The van der Waals surface area contributed by atoms with E-state index in [0.29, 0.717) is 12.1 Å². The molecule has 1 N–H and O–H groups in total. The van der Waals surface area contributed by atoms with Gasteiger partial charge in [0.05, 0.1) is 18.5 Å². The van der Waals surface area contributed by atoms with E-state index in [-0.39, 0.29) is 24.3 Å². The van der Waals surface area contributed by atoms with Gasteiger partial charge in [-0.05, 0) is 42.2 Å². The van der Waals surface area contributed by atoms with Gasteiger partial charge in [0, 0.05) is 13.5 Å². The van der Waals surface area contributed by atoms with E-state index in [1.54, 1.807) is 11.8 Å². The quantitative estimate of drug-likeness (QED) is 0.890. The maximum absolute atomic E-state index is 13.4. The Balaban J connectivity index is 1.75. The lowest BCUT2D eigenvalue weighted by molar-refractivity contribution is -0.133. The van der Waals surface area contributed by atoms with Gasteiger partial charge in [0.2, 0.25) is 11.8 Å². The van der Waals surface area contributed by atoms with E-state index in [0.717, 1.165) is 29.7 Å². The minimum absolute atomic E-state index is 0.0732. The molecule has 1 heterocycles. The highest BCUT2D eigenvalue weighted by atomic mass is 19.2. The molecule has 6 heteroatoms. The number of rotatable bonds is 4. The normalized spacial score (nSPS) is 17.2. The van der Waals surface area contributed by atoms with Crippen molar-refractivity contribution in [3.8, 4) is 0 Å².